The molecule has 2 N–H and O–H groups in total. The van der Waals surface area contributed by atoms with Crippen molar-refractivity contribution in [1.29, 1.82) is 0 Å². The first-order valence-electron chi connectivity index (χ1n) is 6.56. The maximum atomic E-state index is 11.8. The second-order valence-electron chi connectivity index (χ2n) is 4.99. The number of hydrogen-bond acceptors (Lipinski definition) is 4. The van der Waals surface area contributed by atoms with Crippen molar-refractivity contribution in [3.8, 4) is 5.75 Å². The molecule has 1 rings (SSSR count). The van der Waals surface area contributed by atoms with Crippen molar-refractivity contribution in [2.75, 3.05) is 6.61 Å². The zero-order chi connectivity index (χ0) is 15.1. The van der Waals surface area contributed by atoms with E-state index < -0.39 is 6.04 Å². The Morgan fingerprint density at radius 3 is 2.60 bits per heavy atom. The standard InChI is InChI=1S/C15H21NO4/c1-10(2)15(11(3)18)16-14(19)9-20-13-6-4-5-12(7-13)8-17/h4-7,10,15,17H,8-9H2,1-3H3,(H,16,19). The van der Waals surface area contributed by atoms with Crippen LogP contribution in [0.15, 0.2) is 24.3 Å². The number of Topliss-reactive ketones (excluding diaryl/α,β-unsaturated/α-hetero) is 1. The highest BCUT2D eigenvalue weighted by Crippen LogP contribution is 2.13. The molecule has 0 fully saturated rings. The van der Waals surface area contributed by atoms with Gasteiger partial charge in [0.05, 0.1) is 12.6 Å². The molecule has 0 saturated carbocycles. The third-order valence-electron chi connectivity index (χ3n) is 2.87. The summed E-state index contributed by atoms with van der Waals surface area (Å²) in [6.45, 7) is 4.96. The molecule has 1 unspecified atom stereocenters. The molecular weight excluding hydrogens is 258 g/mol. The van der Waals surface area contributed by atoms with Crippen LogP contribution in [0.1, 0.15) is 26.3 Å². The van der Waals surface area contributed by atoms with Crippen LogP contribution >= 0.6 is 0 Å². The van der Waals surface area contributed by atoms with Crippen molar-refractivity contribution in [3.05, 3.63) is 29.8 Å². The summed E-state index contributed by atoms with van der Waals surface area (Å²) in [7, 11) is 0. The minimum atomic E-state index is -0.491. The van der Waals surface area contributed by atoms with Gasteiger partial charge in [-0.05, 0) is 30.5 Å². The van der Waals surface area contributed by atoms with Gasteiger partial charge in [-0.2, -0.15) is 0 Å². The van der Waals surface area contributed by atoms with Crippen LogP contribution in [0.25, 0.3) is 0 Å². The van der Waals surface area contributed by atoms with E-state index in [1.54, 1.807) is 24.3 Å². The topological polar surface area (TPSA) is 75.6 Å². The van der Waals surface area contributed by atoms with Gasteiger partial charge in [0.25, 0.3) is 5.91 Å². The van der Waals surface area contributed by atoms with E-state index in [2.05, 4.69) is 5.32 Å². The Labute approximate surface area is 118 Å². The number of ketones is 1. The average Bonchev–Trinajstić information content (AvgIpc) is 2.42. The van der Waals surface area contributed by atoms with E-state index in [1.165, 1.54) is 6.92 Å². The smallest absolute Gasteiger partial charge is 0.258 e. The molecule has 1 amide bonds. The van der Waals surface area contributed by atoms with Crippen LogP contribution < -0.4 is 10.1 Å². The quantitative estimate of drug-likeness (QED) is 0.788. The van der Waals surface area contributed by atoms with Crippen molar-refractivity contribution in [2.45, 2.75) is 33.4 Å². The molecule has 1 aromatic rings. The highest BCUT2D eigenvalue weighted by atomic mass is 16.5. The normalized spacial score (nSPS) is 12.1. The number of carbonyl (C=O) groups is 2. The molecule has 5 nitrogen and oxygen atoms in total. The van der Waals surface area contributed by atoms with Crippen molar-refractivity contribution >= 4 is 11.7 Å². The lowest BCUT2D eigenvalue weighted by Crippen LogP contribution is -2.45. The fourth-order valence-electron chi connectivity index (χ4n) is 1.84. The predicted octanol–water partition coefficient (Wildman–Crippen LogP) is 1.29. The zero-order valence-electron chi connectivity index (χ0n) is 12.1. The predicted molar refractivity (Wildman–Crippen MR) is 75.3 cm³/mol. The van der Waals surface area contributed by atoms with Crippen LogP contribution in [-0.2, 0) is 16.2 Å². The van der Waals surface area contributed by atoms with Crippen LogP contribution in [0.2, 0.25) is 0 Å². The summed E-state index contributed by atoms with van der Waals surface area (Å²) in [5, 5.41) is 11.7. The van der Waals surface area contributed by atoms with Gasteiger partial charge < -0.3 is 15.2 Å². The van der Waals surface area contributed by atoms with Crippen LogP contribution in [0.4, 0.5) is 0 Å². The van der Waals surface area contributed by atoms with Gasteiger partial charge in [0.1, 0.15) is 5.75 Å². The summed E-state index contributed by atoms with van der Waals surface area (Å²) >= 11 is 0. The number of carbonyl (C=O) groups excluding carboxylic acids is 2. The van der Waals surface area contributed by atoms with E-state index in [1.807, 2.05) is 13.8 Å². The van der Waals surface area contributed by atoms with E-state index in [0.717, 1.165) is 0 Å². The Hall–Kier alpha value is -1.88. The molecule has 110 valence electrons. The van der Waals surface area contributed by atoms with Crippen molar-refractivity contribution < 1.29 is 19.4 Å². The summed E-state index contributed by atoms with van der Waals surface area (Å²) in [6.07, 6.45) is 0. The molecule has 5 heteroatoms. The van der Waals surface area contributed by atoms with E-state index >= 15 is 0 Å². The monoisotopic (exact) mass is 279 g/mol. The summed E-state index contributed by atoms with van der Waals surface area (Å²) < 4.78 is 5.34. The number of nitrogens with one attached hydrogen (secondary N) is 1. The van der Waals surface area contributed by atoms with Crippen LogP contribution in [-0.4, -0.2) is 29.4 Å². The fourth-order valence-corrected chi connectivity index (χ4v) is 1.84. The molecule has 0 radical (unpaired) electrons. The van der Waals surface area contributed by atoms with E-state index in [-0.39, 0.29) is 30.8 Å². The highest BCUT2D eigenvalue weighted by Gasteiger charge is 2.20. The molecule has 0 spiro atoms. The Morgan fingerprint density at radius 2 is 2.05 bits per heavy atom. The van der Waals surface area contributed by atoms with Crippen molar-refractivity contribution in [1.82, 2.24) is 5.32 Å². The Kier molecular flexibility index (Phi) is 6.18. The Morgan fingerprint density at radius 1 is 1.35 bits per heavy atom. The minimum absolute atomic E-state index is 0.0363. The number of amides is 1. The molecule has 0 aliphatic rings. The van der Waals surface area contributed by atoms with Gasteiger partial charge in [-0.25, -0.2) is 0 Å². The molecule has 0 aliphatic carbocycles. The molecule has 0 saturated heterocycles. The zero-order valence-corrected chi connectivity index (χ0v) is 12.1. The number of benzene rings is 1. The largest absolute Gasteiger partial charge is 0.484 e. The first-order chi connectivity index (χ1) is 9.43. The number of ether oxygens (including phenoxy) is 1. The highest BCUT2D eigenvalue weighted by molar-refractivity contribution is 5.88. The molecule has 1 aromatic carbocycles. The number of aliphatic hydroxyl groups excluding tert-OH is 1. The van der Waals surface area contributed by atoms with Gasteiger partial charge >= 0.3 is 0 Å². The summed E-state index contributed by atoms with van der Waals surface area (Å²) in [5.74, 6) is 0.133. The third kappa shape index (κ3) is 5.01. The second kappa shape index (κ2) is 7.65. The van der Waals surface area contributed by atoms with Crippen LogP contribution in [0.5, 0.6) is 5.75 Å². The van der Waals surface area contributed by atoms with E-state index in [0.29, 0.717) is 11.3 Å². The lowest BCUT2D eigenvalue weighted by atomic mass is 10.0. The van der Waals surface area contributed by atoms with Gasteiger partial charge in [0, 0.05) is 0 Å². The van der Waals surface area contributed by atoms with Crippen molar-refractivity contribution in [3.63, 3.8) is 0 Å². The van der Waals surface area contributed by atoms with Gasteiger partial charge in [-0.15, -0.1) is 0 Å². The first-order valence-corrected chi connectivity index (χ1v) is 6.56. The molecule has 0 heterocycles. The second-order valence-corrected chi connectivity index (χ2v) is 4.99. The maximum Gasteiger partial charge on any atom is 0.258 e. The molecular formula is C15H21NO4. The Bertz CT molecular complexity index is 471. The molecule has 0 aromatic heterocycles. The van der Waals surface area contributed by atoms with Crippen LogP contribution in [0.3, 0.4) is 0 Å². The van der Waals surface area contributed by atoms with Crippen molar-refractivity contribution in [2.24, 2.45) is 5.92 Å². The van der Waals surface area contributed by atoms with E-state index in [9.17, 15) is 9.59 Å². The van der Waals surface area contributed by atoms with E-state index in [4.69, 9.17) is 9.84 Å². The fraction of sp³-hybridized carbons (Fsp3) is 0.467. The summed E-state index contributed by atoms with van der Waals surface area (Å²) in [5.41, 5.74) is 0.715. The lowest BCUT2D eigenvalue weighted by molar-refractivity contribution is -0.129. The molecule has 1 atom stereocenters. The van der Waals surface area contributed by atoms with Gasteiger partial charge in [-0.1, -0.05) is 26.0 Å². The Balaban J connectivity index is 2.52. The SMILES string of the molecule is CC(=O)C(NC(=O)COc1cccc(CO)c1)C(C)C. The number of hydrogen-bond donors (Lipinski definition) is 2. The maximum absolute atomic E-state index is 11.8. The third-order valence-corrected chi connectivity index (χ3v) is 2.87. The van der Waals surface area contributed by atoms with Gasteiger partial charge in [0.2, 0.25) is 0 Å². The average molecular weight is 279 g/mol. The van der Waals surface area contributed by atoms with Gasteiger partial charge in [0.15, 0.2) is 12.4 Å². The van der Waals surface area contributed by atoms with Gasteiger partial charge in [-0.3, -0.25) is 9.59 Å². The number of rotatable bonds is 7. The summed E-state index contributed by atoms with van der Waals surface area (Å²) in [4.78, 5) is 23.1. The summed E-state index contributed by atoms with van der Waals surface area (Å²) in [6, 6.07) is 6.38. The number of aliphatic hydroxyl groups is 1. The molecule has 20 heavy (non-hydrogen) atoms. The first kappa shape index (κ1) is 16.2. The molecule has 0 bridgehead atoms. The molecule has 0 aliphatic heterocycles. The minimum Gasteiger partial charge on any atom is -0.484 e. The lowest BCUT2D eigenvalue weighted by Gasteiger charge is -2.19. The van der Waals surface area contributed by atoms with Crippen LogP contribution in [0, 0.1) is 5.92 Å².